The van der Waals surface area contributed by atoms with Crippen LogP contribution in [-0.2, 0) is 15.0 Å². The van der Waals surface area contributed by atoms with Crippen molar-refractivity contribution in [1.82, 2.24) is 0 Å². The molecule has 0 unspecified atom stereocenters. The summed E-state index contributed by atoms with van der Waals surface area (Å²) in [6.45, 7) is 6.04. The monoisotopic (exact) mass is 206 g/mol. The molecule has 15 heavy (non-hydrogen) atoms. The fraction of sp³-hybridized carbons (Fsp3) is 0.333. The van der Waals surface area contributed by atoms with Crippen LogP contribution in [0.3, 0.4) is 0 Å². The first-order valence-corrected chi connectivity index (χ1v) is 4.71. The van der Waals surface area contributed by atoms with Crippen molar-refractivity contribution >= 4 is 12.3 Å². The molecular weight excluding hydrogens is 192 g/mol. The topological polar surface area (TPSA) is 43.4 Å². The van der Waals surface area contributed by atoms with Crippen LogP contribution in [0.1, 0.15) is 26.3 Å². The molecule has 0 aliphatic rings. The number of carbonyl (C=O) groups excluding carboxylic acids is 2. The zero-order valence-electron chi connectivity index (χ0n) is 9.11. The fourth-order valence-electron chi connectivity index (χ4n) is 1.31. The van der Waals surface area contributed by atoms with Gasteiger partial charge < -0.3 is 4.74 Å². The molecule has 3 heteroatoms. The van der Waals surface area contributed by atoms with Gasteiger partial charge in [-0.1, -0.05) is 39.0 Å². The minimum absolute atomic E-state index is 0.125. The Morgan fingerprint density at radius 2 is 1.87 bits per heavy atom. The highest BCUT2D eigenvalue weighted by molar-refractivity contribution is 6.21. The number of rotatable bonds is 2. The lowest BCUT2D eigenvalue weighted by atomic mass is 9.86. The average Bonchev–Trinajstić information content (AvgIpc) is 2.17. The third kappa shape index (κ3) is 2.91. The van der Waals surface area contributed by atoms with Crippen LogP contribution < -0.4 is 4.74 Å². The van der Waals surface area contributed by atoms with Crippen molar-refractivity contribution in [2.45, 2.75) is 26.2 Å². The van der Waals surface area contributed by atoms with Gasteiger partial charge in [-0.15, -0.1) is 0 Å². The molecule has 0 spiro atoms. The third-order valence-corrected chi connectivity index (χ3v) is 2.00. The molecule has 0 radical (unpaired) electrons. The summed E-state index contributed by atoms with van der Waals surface area (Å²) in [4.78, 5) is 21.1. The van der Waals surface area contributed by atoms with Gasteiger partial charge in [-0.05, 0) is 11.5 Å². The van der Waals surface area contributed by atoms with Crippen LogP contribution in [0.4, 0.5) is 0 Å². The summed E-state index contributed by atoms with van der Waals surface area (Å²) in [7, 11) is 0. The number of esters is 1. The molecule has 0 aliphatic carbocycles. The molecule has 3 nitrogen and oxygen atoms in total. The van der Waals surface area contributed by atoms with E-state index in [4.69, 9.17) is 4.74 Å². The number of aldehydes is 1. The van der Waals surface area contributed by atoms with E-state index in [-0.39, 0.29) is 11.7 Å². The Balaban J connectivity index is 3.07. The van der Waals surface area contributed by atoms with E-state index in [1.165, 1.54) is 0 Å². The lowest BCUT2D eigenvalue weighted by Crippen LogP contribution is -2.16. The van der Waals surface area contributed by atoms with Crippen molar-refractivity contribution in [1.29, 1.82) is 0 Å². The second-order valence-corrected chi connectivity index (χ2v) is 4.29. The second-order valence-electron chi connectivity index (χ2n) is 4.29. The van der Waals surface area contributed by atoms with Gasteiger partial charge in [-0.25, -0.2) is 4.79 Å². The van der Waals surface area contributed by atoms with Crippen LogP contribution in [0.15, 0.2) is 24.3 Å². The van der Waals surface area contributed by atoms with Crippen LogP contribution >= 0.6 is 0 Å². The van der Waals surface area contributed by atoms with E-state index >= 15 is 0 Å². The smallest absolute Gasteiger partial charge is 0.376 e. The van der Waals surface area contributed by atoms with Crippen LogP contribution in [0.2, 0.25) is 0 Å². The summed E-state index contributed by atoms with van der Waals surface area (Å²) < 4.78 is 4.91. The zero-order chi connectivity index (χ0) is 11.5. The van der Waals surface area contributed by atoms with E-state index in [2.05, 4.69) is 0 Å². The van der Waals surface area contributed by atoms with Crippen molar-refractivity contribution in [3.8, 4) is 5.75 Å². The first-order chi connectivity index (χ1) is 6.95. The Morgan fingerprint density at radius 3 is 2.40 bits per heavy atom. The highest BCUT2D eigenvalue weighted by Gasteiger charge is 2.19. The Labute approximate surface area is 89.1 Å². The van der Waals surface area contributed by atoms with Crippen molar-refractivity contribution in [2.75, 3.05) is 0 Å². The van der Waals surface area contributed by atoms with Crippen molar-refractivity contribution in [3.05, 3.63) is 29.8 Å². The standard InChI is InChI=1S/C12H14O3/c1-12(2,3)9-6-4-5-7-10(9)15-11(14)8-13/h4-8H,1-3H3. The Kier molecular flexibility index (Phi) is 3.24. The average molecular weight is 206 g/mol. The fourth-order valence-corrected chi connectivity index (χ4v) is 1.31. The van der Waals surface area contributed by atoms with Gasteiger partial charge in [-0.2, -0.15) is 0 Å². The van der Waals surface area contributed by atoms with Gasteiger partial charge in [0.2, 0.25) is 6.29 Å². The number of hydrogen-bond acceptors (Lipinski definition) is 3. The summed E-state index contributed by atoms with van der Waals surface area (Å²) in [6, 6.07) is 7.21. The molecule has 0 bridgehead atoms. The normalized spacial score (nSPS) is 10.9. The van der Waals surface area contributed by atoms with Gasteiger partial charge in [0, 0.05) is 5.56 Å². The first-order valence-electron chi connectivity index (χ1n) is 4.71. The molecule has 0 aliphatic heterocycles. The second kappa shape index (κ2) is 4.26. The minimum Gasteiger partial charge on any atom is -0.421 e. The molecule has 1 aromatic carbocycles. The molecule has 0 saturated heterocycles. The van der Waals surface area contributed by atoms with Gasteiger partial charge in [0.25, 0.3) is 0 Å². The SMILES string of the molecule is CC(C)(C)c1ccccc1OC(=O)C=O. The summed E-state index contributed by atoms with van der Waals surface area (Å²) in [5, 5.41) is 0. The quantitative estimate of drug-likeness (QED) is 0.322. The summed E-state index contributed by atoms with van der Waals surface area (Å²) >= 11 is 0. The van der Waals surface area contributed by atoms with E-state index in [9.17, 15) is 9.59 Å². The Bertz CT molecular complexity index is 375. The van der Waals surface area contributed by atoms with E-state index in [1.807, 2.05) is 32.9 Å². The lowest BCUT2D eigenvalue weighted by Gasteiger charge is -2.21. The Morgan fingerprint density at radius 1 is 1.27 bits per heavy atom. The minimum atomic E-state index is -0.869. The van der Waals surface area contributed by atoms with Gasteiger partial charge in [0.05, 0.1) is 0 Å². The van der Waals surface area contributed by atoms with Crippen LogP contribution in [0.25, 0.3) is 0 Å². The molecule has 0 fully saturated rings. The third-order valence-electron chi connectivity index (χ3n) is 2.00. The predicted molar refractivity (Wildman–Crippen MR) is 56.8 cm³/mol. The molecule has 0 saturated carbocycles. The van der Waals surface area contributed by atoms with Crippen molar-refractivity contribution in [3.63, 3.8) is 0 Å². The van der Waals surface area contributed by atoms with E-state index in [1.54, 1.807) is 12.1 Å². The molecular formula is C12H14O3. The maximum absolute atomic E-state index is 10.9. The van der Waals surface area contributed by atoms with Crippen molar-refractivity contribution in [2.24, 2.45) is 0 Å². The predicted octanol–water partition coefficient (Wildman–Crippen LogP) is 2.09. The number of hydrogen-bond donors (Lipinski definition) is 0. The van der Waals surface area contributed by atoms with Crippen LogP contribution in [0.5, 0.6) is 5.75 Å². The zero-order valence-corrected chi connectivity index (χ0v) is 9.11. The molecule has 0 aromatic heterocycles. The molecule has 0 N–H and O–H groups in total. The van der Waals surface area contributed by atoms with E-state index in [0.29, 0.717) is 5.75 Å². The molecule has 1 rings (SSSR count). The summed E-state index contributed by atoms with van der Waals surface area (Å²) in [5.41, 5.74) is 0.778. The molecule has 1 aromatic rings. The number of benzene rings is 1. The van der Waals surface area contributed by atoms with Gasteiger partial charge >= 0.3 is 5.97 Å². The molecule has 80 valence electrons. The Hall–Kier alpha value is -1.64. The van der Waals surface area contributed by atoms with Crippen LogP contribution in [0, 0.1) is 0 Å². The molecule has 0 heterocycles. The van der Waals surface area contributed by atoms with Gasteiger partial charge in [-0.3, -0.25) is 4.79 Å². The number of ether oxygens (including phenoxy) is 1. The van der Waals surface area contributed by atoms with Gasteiger partial charge in [0.1, 0.15) is 5.75 Å². The highest BCUT2D eigenvalue weighted by Crippen LogP contribution is 2.30. The molecule has 0 amide bonds. The van der Waals surface area contributed by atoms with Gasteiger partial charge in [0.15, 0.2) is 0 Å². The van der Waals surface area contributed by atoms with E-state index < -0.39 is 5.97 Å². The largest absolute Gasteiger partial charge is 0.421 e. The van der Waals surface area contributed by atoms with Crippen molar-refractivity contribution < 1.29 is 14.3 Å². The maximum Gasteiger partial charge on any atom is 0.376 e. The van der Waals surface area contributed by atoms with E-state index in [0.717, 1.165) is 5.56 Å². The number of carbonyl (C=O) groups is 2. The molecule has 0 atom stereocenters. The summed E-state index contributed by atoms with van der Waals surface area (Å²) in [5.74, 6) is -0.422. The first kappa shape index (κ1) is 11.4. The maximum atomic E-state index is 10.9. The highest BCUT2D eigenvalue weighted by atomic mass is 16.5. The number of para-hydroxylation sites is 1. The summed E-state index contributed by atoms with van der Waals surface area (Å²) in [6.07, 6.45) is 0.166. The lowest BCUT2D eigenvalue weighted by molar-refractivity contribution is -0.141. The van der Waals surface area contributed by atoms with Crippen LogP contribution in [-0.4, -0.2) is 12.3 Å².